The Bertz CT molecular complexity index is 717. The summed E-state index contributed by atoms with van der Waals surface area (Å²) in [6.45, 7) is 4.22. The number of hydrogen-bond acceptors (Lipinski definition) is 4. The van der Waals surface area contributed by atoms with E-state index in [0.29, 0.717) is 17.9 Å². The van der Waals surface area contributed by atoms with Gasteiger partial charge in [-0.2, -0.15) is 0 Å². The second-order valence-corrected chi connectivity index (χ2v) is 6.48. The molecule has 3 rings (SSSR count). The molecule has 1 N–H and O–H groups in total. The molecule has 1 aromatic heterocycles. The highest BCUT2D eigenvalue weighted by Gasteiger charge is 2.43. The first-order valence-electron chi connectivity index (χ1n) is 8.16. The lowest BCUT2D eigenvalue weighted by Gasteiger charge is -2.36. The van der Waals surface area contributed by atoms with Gasteiger partial charge in [0.2, 0.25) is 0 Å². The fourth-order valence-electron chi connectivity index (χ4n) is 3.44. The normalized spacial score (nSPS) is 20.0. The number of furan rings is 1. The van der Waals surface area contributed by atoms with Crippen LogP contribution in [0.4, 0.5) is 0 Å². The van der Waals surface area contributed by atoms with Gasteiger partial charge in [0.05, 0.1) is 18.7 Å². The van der Waals surface area contributed by atoms with E-state index in [2.05, 4.69) is 0 Å². The third kappa shape index (κ3) is 2.91. The second-order valence-electron chi connectivity index (χ2n) is 6.48. The highest BCUT2D eigenvalue weighted by molar-refractivity contribution is 5.94. The van der Waals surface area contributed by atoms with E-state index in [-0.39, 0.29) is 11.9 Å². The molecule has 2 unspecified atom stereocenters. The fourth-order valence-corrected chi connectivity index (χ4v) is 3.44. The molecule has 24 heavy (non-hydrogen) atoms. The van der Waals surface area contributed by atoms with E-state index in [1.807, 2.05) is 31.2 Å². The maximum Gasteiger partial charge on any atom is 0.257 e. The molecular formula is C19H23NO4. The smallest absolute Gasteiger partial charge is 0.257 e. The summed E-state index contributed by atoms with van der Waals surface area (Å²) in [5.41, 5.74) is 0.179. The van der Waals surface area contributed by atoms with Crippen LogP contribution < -0.4 is 4.74 Å². The molecule has 5 heteroatoms. The summed E-state index contributed by atoms with van der Waals surface area (Å²) < 4.78 is 10.4. The van der Waals surface area contributed by atoms with Crippen LogP contribution in [0, 0.1) is 6.92 Å². The summed E-state index contributed by atoms with van der Waals surface area (Å²) in [5, 5.41) is 11.2. The summed E-state index contributed by atoms with van der Waals surface area (Å²) >= 11 is 0. The SMILES string of the molecule is COc1ccc(C(C)(O)C2CCCN2C(=O)c2coc(C)c2)cc1. The Morgan fingerprint density at radius 1 is 1.38 bits per heavy atom. The number of carbonyl (C=O) groups is 1. The zero-order valence-electron chi connectivity index (χ0n) is 14.3. The molecule has 1 fully saturated rings. The maximum atomic E-state index is 12.8. The third-order valence-electron chi connectivity index (χ3n) is 4.81. The molecule has 0 spiro atoms. The van der Waals surface area contributed by atoms with Crippen LogP contribution in [-0.4, -0.2) is 35.6 Å². The predicted molar refractivity (Wildman–Crippen MR) is 90.1 cm³/mol. The number of nitrogens with zero attached hydrogens (tertiary/aromatic N) is 1. The van der Waals surface area contributed by atoms with Crippen molar-refractivity contribution in [2.75, 3.05) is 13.7 Å². The van der Waals surface area contributed by atoms with Gasteiger partial charge in [-0.05, 0) is 50.5 Å². The van der Waals surface area contributed by atoms with Crippen molar-refractivity contribution in [1.82, 2.24) is 4.90 Å². The average Bonchev–Trinajstić information content (AvgIpc) is 3.23. The van der Waals surface area contributed by atoms with Crippen molar-refractivity contribution in [1.29, 1.82) is 0 Å². The Morgan fingerprint density at radius 3 is 2.67 bits per heavy atom. The van der Waals surface area contributed by atoms with E-state index in [4.69, 9.17) is 9.15 Å². The minimum atomic E-state index is -1.13. The van der Waals surface area contributed by atoms with Gasteiger partial charge in [0.1, 0.15) is 23.4 Å². The number of ether oxygens (including phenoxy) is 1. The molecule has 5 nitrogen and oxygen atoms in total. The summed E-state index contributed by atoms with van der Waals surface area (Å²) in [6, 6.07) is 8.81. The van der Waals surface area contributed by atoms with Crippen LogP contribution in [-0.2, 0) is 5.60 Å². The Labute approximate surface area is 141 Å². The minimum absolute atomic E-state index is 0.0943. The van der Waals surface area contributed by atoms with Gasteiger partial charge in [-0.3, -0.25) is 4.79 Å². The molecule has 0 saturated carbocycles. The van der Waals surface area contributed by atoms with Gasteiger partial charge in [-0.1, -0.05) is 12.1 Å². The molecule has 0 aliphatic carbocycles. The summed E-state index contributed by atoms with van der Waals surface area (Å²) in [6.07, 6.45) is 3.12. The lowest BCUT2D eigenvalue weighted by atomic mass is 9.86. The zero-order valence-corrected chi connectivity index (χ0v) is 14.3. The van der Waals surface area contributed by atoms with Gasteiger partial charge in [0, 0.05) is 6.54 Å². The van der Waals surface area contributed by atoms with Crippen LogP contribution in [0.3, 0.4) is 0 Å². The first-order chi connectivity index (χ1) is 11.4. The van der Waals surface area contributed by atoms with Gasteiger partial charge in [-0.15, -0.1) is 0 Å². The molecule has 2 aromatic rings. The monoisotopic (exact) mass is 329 g/mol. The van der Waals surface area contributed by atoms with Crippen LogP contribution in [0.25, 0.3) is 0 Å². The van der Waals surface area contributed by atoms with Crippen LogP contribution in [0.5, 0.6) is 5.75 Å². The highest BCUT2D eigenvalue weighted by Crippen LogP contribution is 2.36. The largest absolute Gasteiger partial charge is 0.497 e. The van der Waals surface area contributed by atoms with Crippen molar-refractivity contribution in [2.45, 2.75) is 38.3 Å². The number of aryl methyl sites for hydroxylation is 1. The Kier molecular flexibility index (Phi) is 4.37. The first-order valence-corrected chi connectivity index (χ1v) is 8.16. The first kappa shape index (κ1) is 16.6. The predicted octanol–water partition coefficient (Wildman–Crippen LogP) is 3.11. The number of aliphatic hydroxyl groups is 1. The van der Waals surface area contributed by atoms with E-state index < -0.39 is 5.60 Å². The molecule has 2 heterocycles. The summed E-state index contributed by atoms with van der Waals surface area (Å²) in [4.78, 5) is 14.5. The maximum absolute atomic E-state index is 12.8. The van der Waals surface area contributed by atoms with E-state index in [1.54, 1.807) is 25.0 Å². The average molecular weight is 329 g/mol. The molecule has 1 amide bonds. The zero-order chi connectivity index (χ0) is 17.3. The number of rotatable bonds is 4. The lowest BCUT2D eigenvalue weighted by Crippen LogP contribution is -2.48. The molecule has 128 valence electrons. The van der Waals surface area contributed by atoms with E-state index in [9.17, 15) is 9.90 Å². The molecule has 0 radical (unpaired) electrons. The highest BCUT2D eigenvalue weighted by atomic mass is 16.5. The van der Waals surface area contributed by atoms with Crippen molar-refractivity contribution >= 4 is 5.91 Å². The van der Waals surface area contributed by atoms with Gasteiger partial charge in [-0.25, -0.2) is 0 Å². The van der Waals surface area contributed by atoms with Crippen LogP contribution in [0.1, 0.15) is 41.4 Å². The standard InChI is InChI=1S/C19H23NO4/c1-13-11-14(12-24-13)18(21)20-10-4-5-17(20)19(2,22)15-6-8-16(23-3)9-7-15/h6-9,11-12,17,22H,4-5,10H2,1-3H3. The molecule has 2 atom stereocenters. The van der Waals surface area contributed by atoms with Gasteiger partial charge >= 0.3 is 0 Å². The van der Waals surface area contributed by atoms with Crippen molar-refractivity contribution in [3.63, 3.8) is 0 Å². The topological polar surface area (TPSA) is 62.9 Å². The van der Waals surface area contributed by atoms with E-state index in [0.717, 1.165) is 24.2 Å². The number of methoxy groups -OCH3 is 1. The summed E-state index contributed by atoms with van der Waals surface area (Å²) in [5.74, 6) is 1.35. The van der Waals surface area contributed by atoms with Gasteiger partial charge in [0.15, 0.2) is 0 Å². The van der Waals surface area contributed by atoms with Crippen LogP contribution in [0.15, 0.2) is 41.0 Å². The van der Waals surface area contributed by atoms with Crippen molar-refractivity contribution < 1.29 is 19.1 Å². The number of carbonyl (C=O) groups excluding carboxylic acids is 1. The summed E-state index contributed by atoms with van der Waals surface area (Å²) in [7, 11) is 1.61. The second kappa shape index (κ2) is 6.32. The number of hydrogen-bond donors (Lipinski definition) is 1. The van der Waals surface area contributed by atoms with Gasteiger partial charge in [0.25, 0.3) is 5.91 Å². The Balaban J connectivity index is 1.86. The quantitative estimate of drug-likeness (QED) is 0.936. The van der Waals surface area contributed by atoms with E-state index in [1.165, 1.54) is 6.26 Å². The fraction of sp³-hybridized carbons (Fsp3) is 0.421. The number of amides is 1. The van der Waals surface area contributed by atoms with E-state index >= 15 is 0 Å². The molecule has 0 bridgehead atoms. The molecule has 1 aliphatic heterocycles. The van der Waals surface area contributed by atoms with Crippen molar-refractivity contribution in [3.05, 3.63) is 53.5 Å². The van der Waals surface area contributed by atoms with Gasteiger partial charge < -0.3 is 19.2 Å². The number of likely N-dealkylation sites (tertiary alicyclic amines) is 1. The van der Waals surface area contributed by atoms with Crippen LogP contribution in [0.2, 0.25) is 0 Å². The third-order valence-corrected chi connectivity index (χ3v) is 4.81. The molecule has 1 aromatic carbocycles. The van der Waals surface area contributed by atoms with Crippen molar-refractivity contribution in [3.8, 4) is 5.75 Å². The molecule has 1 aliphatic rings. The Hall–Kier alpha value is -2.27. The number of benzene rings is 1. The lowest BCUT2D eigenvalue weighted by molar-refractivity contribution is -0.0177. The minimum Gasteiger partial charge on any atom is -0.497 e. The molecule has 1 saturated heterocycles. The Morgan fingerprint density at radius 2 is 2.08 bits per heavy atom. The van der Waals surface area contributed by atoms with Crippen LogP contribution >= 0.6 is 0 Å². The molecular weight excluding hydrogens is 306 g/mol. The van der Waals surface area contributed by atoms with Crippen molar-refractivity contribution in [2.24, 2.45) is 0 Å².